The van der Waals surface area contributed by atoms with Crippen LogP contribution >= 0.6 is 28.3 Å². The fraction of sp³-hybridized carbons (Fsp3) is 0.429. The zero-order valence-corrected chi connectivity index (χ0v) is 17.3. The number of halogens is 3. The van der Waals surface area contributed by atoms with Gasteiger partial charge in [-0.1, -0.05) is 53.7 Å². The maximum atomic E-state index is 13.0. The molecule has 0 aromatic heterocycles. The van der Waals surface area contributed by atoms with Crippen molar-refractivity contribution in [3.63, 3.8) is 0 Å². The molecule has 26 heavy (non-hydrogen) atoms. The third kappa shape index (κ3) is 6.57. The summed E-state index contributed by atoms with van der Waals surface area (Å²) >= 11 is 3.55. The first kappa shape index (κ1) is 21.2. The molecule has 1 aliphatic carbocycles. The summed E-state index contributed by atoms with van der Waals surface area (Å²) in [6.45, 7) is 1.25. The fourth-order valence-corrected chi connectivity index (χ4v) is 3.71. The second-order valence-corrected chi connectivity index (χ2v) is 7.65. The minimum atomic E-state index is -0.222. The highest BCUT2D eigenvalue weighted by molar-refractivity contribution is 9.10. The van der Waals surface area contributed by atoms with Crippen molar-refractivity contribution in [2.75, 3.05) is 0 Å². The first-order valence-electron chi connectivity index (χ1n) is 9.10. The van der Waals surface area contributed by atoms with Crippen LogP contribution in [0.5, 0.6) is 5.75 Å². The van der Waals surface area contributed by atoms with Gasteiger partial charge in [0, 0.05) is 22.6 Å². The Kier molecular flexibility index (Phi) is 8.89. The Morgan fingerprint density at radius 3 is 2.38 bits per heavy atom. The van der Waals surface area contributed by atoms with Gasteiger partial charge < -0.3 is 10.1 Å². The summed E-state index contributed by atoms with van der Waals surface area (Å²) in [6.07, 6.45) is 7.90. The lowest BCUT2D eigenvalue weighted by Gasteiger charge is -2.18. The minimum absolute atomic E-state index is 0. The Hall–Kier alpha value is -1.10. The number of ether oxygens (including phenoxy) is 1. The van der Waals surface area contributed by atoms with Gasteiger partial charge >= 0.3 is 0 Å². The maximum Gasteiger partial charge on any atom is 0.124 e. The van der Waals surface area contributed by atoms with Crippen LogP contribution < -0.4 is 10.1 Å². The summed E-state index contributed by atoms with van der Waals surface area (Å²) in [7, 11) is 0. The molecule has 0 unspecified atom stereocenters. The molecule has 1 fully saturated rings. The number of hydrogen-bond acceptors (Lipinski definition) is 2. The van der Waals surface area contributed by atoms with Gasteiger partial charge in [0.05, 0.1) is 0 Å². The van der Waals surface area contributed by atoms with Crippen LogP contribution in [0.1, 0.15) is 49.7 Å². The molecular formula is C21H26BrClFNO. The van der Waals surface area contributed by atoms with Crippen molar-refractivity contribution in [2.24, 2.45) is 0 Å². The molecular weight excluding hydrogens is 417 g/mol. The lowest BCUT2D eigenvalue weighted by molar-refractivity contribution is 0.301. The quantitative estimate of drug-likeness (QED) is 0.522. The first-order valence-corrected chi connectivity index (χ1v) is 9.89. The van der Waals surface area contributed by atoms with Crippen molar-refractivity contribution < 1.29 is 9.13 Å². The first-order chi connectivity index (χ1) is 12.2. The zero-order valence-electron chi connectivity index (χ0n) is 14.8. The molecule has 0 atom stereocenters. The number of hydrogen-bond donors (Lipinski definition) is 1. The zero-order chi connectivity index (χ0) is 17.5. The molecule has 1 N–H and O–H groups in total. The van der Waals surface area contributed by atoms with E-state index in [9.17, 15) is 4.39 Å². The van der Waals surface area contributed by atoms with E-state index in [1.165, 1.54) is 50.7 Å². The average Bonchev–Trinajstić information content (AvgIpc) is 2.89. The van der Waals surface area contributed by atoms with Crippen molar-refractivity contribution in [3.8, 4) is 5.75 Å². The van der Waals surface area contributed by atoms with Crippen LogP contribution in [0.4, 0.5) is 4.39 Å². The Morgan fingerprint density at radius 1 is 1.00 bits per heavy atom. The molecule has 142 valence electrons. The maximum absolute atomic E-state index is 13.0. The van der Waals surface area contributed by atoms with Crippen LogP contribution in [0, 0.1) is 5.82 Å². The Balaban J connectivity index is 0.00000243. The van der Waals surface area contributed by atoms with Gasteiger partial charge in [0.1, 0.15) is 18.2 Å². The SMILES string of the molecule is Cl.Fc1ccc(COc2ccc(Br)cc2CNC2CCCCCC2)cc1. The summed E-state index contributed by atoms with van der Waals surface area (Å²) in [5.74, 6) is 0.661. The van der Waals surface area contributed by atoms with E-state index in [2.05, 4.69) is 27.3 Å². The van der Waals surface area contributed by atoms with Crippen LogP contribution in [-0.2, 0) is 13.2 Å². The third-order valence-corrected chi connectivity index (χ3v) is 5.26. The summed E-state index contributed by atoms with van der Waals surface area (Å²) in [6, 6.07) is 13.2. The van der Waals surface area contributed by atoms with Crippen LogP contribution in [0.25, 0.3) is 0 Å². The van der Waals surface area contributed by atoms with Crippen LogP contribution in [0.15, 0.2) is 46.9 Å². The molecule has 5 heteroatoms. The van der Waals surface area contributed by atoms with Crippen LogP contribution in [0.2, 0.25) is 0 Å². The van der Waals surface area contributed by atoms with E-state index in [4.69, 9.17) is 4.74 Å². The van der Waals surface area contributed by atoms with Crippen LogP contribution in [0.3, 0.4) is 0 Å². The van der Waals surface area contributed by atoms with Gasteiger partial charge in [-0.3, -0.25) is 0 Å². The van der Waals surface area contributed by atoms with Crippen LogP contribution in [-0.4, -0.2) is 6.04 Å². The Labute approximate surface area is 170 Å². The Morgan fingerprint density at radius 2 is 1.69 bits per heavy atom. The highest BCUT2D eigenvalue weighted by atomic mass is 79.9. The molecule has 0 bridgehead atoms. The molecule has 2 aromatic carbocycles. The molecule has 1 aliphatic rings. The standard InChI is InChI=1S/C21H25BrFNO.ClH/c22-18-9-12-21(25-15-16-7-10-19(23)11-8-16)17(13-18)14-24-20-5-3-1-2-4-6-20;/h7-13,20,24H,1-6,14-15H2;1H. The Bertz CT molecular complexity index is 672. The second kappa shape index (κ2) is 10.9. The van der Waals surface area contributed by atoms with Gasteiger partial charge in [0.25, 0.3) is 0 Å². The van der Waals surface area contributed by atoms with E-state index >= 15 is 0 Å². The van der Waals surface area contributed by atoms with E-state index < -0.39 is 0 Å². The lowest BCUT2D eigenvalue weighted by atomic mass is 10.1. The lowest BCUT2D eigenvalue weighted by Crippen LogP contribution is -2.28. The normalized spacial score (nSPS) is 15.2. The van der Waals surface area contributed by atoms with Crippen molar-refractivity contribution in [1.29, 1.82) is 0 Å². The van der Waals surface area contributed by atoms with Gasteiger partial charge in [-0.05, 0) is 48.7 Å². The minimum Gasteiger partial charge on any atom is -0.489 e. The van der Waals surface area contributed by atoms with E-state index in [0.29, 0.717) is 12.6 Å². The van der Waals surface area contributed by atoms with Crippen molar-refractivity contribution in [1.82, 2.24) is 5.32 Å². The average molecular weight is 443 g/mol. The number of nitrogens with one attached hydrogen (secondary N) is 1. The van der Waals surface area contributed by atoms with Gasteiger partial charge in [0.15, 0.2) is 0 Å². The largest absolute Gasteiger partial charge is 0.489 e. The molecule has 0 heterocycles. The van der Waals surface area contributed by atoms with Gasteiger partial charge in [0.2, 0.25) is 0 Å². The van der Waals surface area contributed by atoms with Crippen molar-refractivity contribution in [3.05, 3.63) is 63.9 Å². The summed E-state index contributed by atoms with van der Waals surface area (Å²) < 4.78 is 20.1. The van der Waals surface area contributed by atoms with Gasteiger partial charge in [-0.2, -0.15) is 0 Å². The van der Waals surface area contributed by atoms with Crippen molar-refractivity contribution >= 4 is 28.3 Å². The van der Waals surface area contributed by atoms with Gasteiger partial charge in [-0.25, -0.2) is 4.39 Å². The molecule has 1 saturated carbocycles. The molecule has 0 spiro atoms. The molecule has 0 radical (unpaired) electrons. The van der Waals surface area contributed by atoms with E-state index in [-0.39, 0.29) is 18.2 Å². The topological polar surface area (TPSA) is 21.3 Å². The third-order valence-electron chi connectivity index (χ3n) is 4.77. The van der Waals surface area contributed by atoms with Gasteiger partial charge in [-0.15, -0.1) is 12.4 Å². The molecule has 2 nitrogen and oxygen atoms in total. The van der Waals surface area contributed by atoms with E-state index in [1.54, 1.807) is 12.1 Å². The highest BCUT2D eigenvalue weighted by Gasteiger charge is 2.13. The van der Waals surface area contributed by atoms with E-state index in [0.717, 1.165) is 27.9 Å². The summed E-state index contributed by atoms with van der Waals surface area (Å²) in [4.78, 5) is 0. The van der Waals surface area contributed by atoms with Crippen molar-refractivity contribution in [2.45, 2.75) is 57.7 Å². The molecule has 0 saturated heterocycles. The number of rotatable bonds is 6. The highest BCUT2D eigenvalue weighted by Crippen LogP contribution is 2.25. The molecule has 3 rings (SSSR count). The smallest absolute Gasteiger partial charge is 0.124 e. The number of benzene rings is 2. The molecule has 0 aliphatic heterocycles. The van der Waals surface area contributed by atoms with E-state index in [1.807, 2.05) is 12.1 Å². The fourth-order valence-electron chi connectivity index (χ4n) is 3.31. The monoisotopic (exact) mass is 441 g/mol. The predicted molar refractivity (Wildman–Crippen MR) is 110 cm³/mol. The molecule has 0 amide bonds. The summed E-state index contributed by atoms with van der Waals surface area (Å²) in [5.41, 5.74) is 2.12. The molecule has 2 aromatic rings. The second-order valence-electron chi connectivity index (χ2n) is 6.74. The predicted octanol–water partition coefficient (Wildman–Crippen LogP) is 6.40. The summed E-state index contributed by atoms with van der Waals surface area (Å²) in [5, 5.41) is 3.70.